The van der Waals surface area contributed by atoms with Gasteiger partial charge >= 0.3 is 12.1 Å². The Bertz CT molecular complexity index is 756. The van der Waals surface area contributed by atoms with Gasteiger partial charge in [0, 0.05) is 12.1 Å². The third-order valence-electron chi connectivity index (χ3n) is 4.08. The van der Waals surface area contributed by atoms with Gasteiger partial charge in [0.25, 0.3) is 0 Å². The van der Waals surface area contributed by atoms with Gasteiger partial charge in [-0.1, -0.05) is 0 Å². The Morgan fingerprint density at radius 3 is 2.54 bits per heavy atom. The second-order valence-electron chi connectivity index (χ2n) is 5.81. The van der Waals surface area contributed by atoms with Gasteiger partial charge in [0.05, 0.1) is 23.1 Å². The quantitative estimate of drug-likeness (QED) is 0.736. The maximum Gasteiger partial charge on any atom is 0.417 e. The van der Waals surface area contributed by atoms with Crippen LogP contribution in [0.15, 0.2) is 23.1 Å². The fraction of sp³-hybridized carbons (Fsp3) is 0.533. The van der Waals surface area contributed by atoms with E-state index in [1.54, 1.807) is 6.92 Å². The van der Waals surface area contributed by atoms with E-state index in [-0.39, 0.29) is 18.4 Å². The molecule has 0 spiro atoms. The number of halogens is 4. The Labute approximate surface area is 155 Å². The summed E-state index contributed by atoms with van der Waals surface area (Å²) in [6, 6.07) is 1.67. The predicted octanol–water partition coefficient (Wildman–Crippen LogP) is 2.33. The number of carbonyl (C=O) groups excluding carboxylic acids is 1. The number of ether oxygens (including phenoxy) is 1. The lowest BCUT2D eigenvalue weighted by Crippen LogP contribution is -2.51. The summed E-state index contributed by atoms with van der Waals surface area (Å²) in [7, 11) is -3.22. The summed E-state index contributed by atoms with van der Waals surface area (Å²) in [6.07, 6.45) is -3.55. The highest BCUT2D eigenvalue weighted by atomic mass is 35.5. The summed E-state index contributed by atoms with van der Waals surface area (Å²) in [5.41, 5.74) is -2.08. The minimum Gasteiger partial charge on any atom is -0.465 e. The average molecular weight is 417 g/mol. The van der Waals surface area contributed by atoms with Crippen LogP contribution in [0.1, 0.15) is 35.7 Å². The highest BCUT2D eigenvalue weighted by Crippen LogP contribution is 2.34. The number of sulfonamides is 1. The van der Waals surface area contributed by atoms with E-state index in [1.807, 2.05) is 0 Å². The molecule has 148 valence electrons. The molecule has 1 saturated heterocycles. The lowest BCUT2D eigenvalue weighted by Gasteiger charge is -2.30. The Hall–Kier alpha value is -1.36. The monoisotopic (exact) mass is 416 g/mol. The molecule has 1 aromatic carbocycles. The molecule has 0 aliphatic carbocycles. The number of hydrogen-bond donors (Lipinski definition) is 2. The SMILES string of the molecule is COC(=O)c1ccc(S(=O)(=O)NC2CCCNC2C)cc1C(F)(F)F.Cl. The first-order chi connectivity index (χ1) is 11.6. The van der Waals surface area contributed by atoms with E-state index in [0.29, 0.717) is 12.5 Å². The summed E-state index contributed by atoms with van der Waals surface area (Å²) < 4.78 is 71.3. The third kappa shape index (κ3) is 5.09. The van der Waals surface area contributed by atoms with Gasteiger partial charge in [0.1, 0.15) is 0 Å². The molecular weight excluding hydrogens is 397 g/mol. The highest BCUT2D eigenvalue weighted by Gasteiger charge is 2.37. The van der Waals surface area contributed by atoms with E-state index >= 15 is 0 Å². The van der Waals surface area contributed by atoms with Gasteiger partial charge < -0.3 is 10.1 Å². The predicted molar refractivity (Wildman–Crippen MR) is 90.8 cm³/mol. The van der Waals surface area contributed by atoms with Gasteiger partial charge in [-0.05, 0) is 44.5 Å². The molecular formula is C15H20ClF3N2O4S. The molecule has 26 heavy (non-hydrogen) atoms. The van der Waals surface area contributed by atoms with Crippen molar-refractivity contribution >= 4 is 28.4 Å². The van der Waals surface area contributed by atoms with Gasteiger partial charge in [-0.2, -0.15) is 13.2 Å². The zero-order valence-corrected chi connectivity index (χ0v) is 15.7. The molecule has 0 saturated carbocycles. The van der Waals surface area contributed by atoms with Crippen LogP contribution < -0.4 is 10.0 Å². The number of piperidine rings is 1. The Kier molecular flexibility index (Phi) is 7.46. The number of nitrogens with one attached hydrogen (secondary N) is 2. The maximum absolute atomic E-state index is 13.2. The number of benzene rings is 1. The molecule has 1 heterocycles. The van der Waals surface area contributed by atoms with Crippen molar-refractivity contribution in [1.82, 2.24) is 10.0 Å². The van der Waals surface area contributed by atoms with Crippen molar-refractivity contribution in [2.45, 2.75) is 42.9 Å². The lowest BCUT2D eigenvalue weighted by molar-refractivity contribution is -0.138. The van der Waals surface area contributed by atoms with Crippen LogP contribution in [0.2, 0.25) is 0 Å². The van der Waals surface area contributed by atoms with E-state index in [0.717, 1.165) is 32.2 Å². The molecule has 2 atom stereocenters. The van der Waals surface area contributed by atoms with Gasteiger partial charge in [-0.15, -0.1) is 12.4 Å². The van der Waals surface area contributed by atoms with Crippen LogP contribution in [0.25, 0.3) is 0 Å². The summed E-state index contributed by atoms with van der Waals surface area (Å²) in [5.74, 6) is -1.19. The first-order valence-electron chi connectivity index (χ1n) is 7.61. The molecule has 2 N–H and O–H groups in total. The third-order valence-corrected chi connectivity index (χ3v) is 5.57. The smallest absolute Gasteiger partial charge is 0.417 e. The lowest BCUT2D eigenvalue weighted by atomic mass is 10.0. The molecule has 0 aromatic heterocycles. The largest absolute Gasteiger partial charge is 0.465 e. The van der Waals surface area contributed by atoms with Crippen molar-refractivity contribution in [2.24, 2.45) is 0 Å². The molecule has 2 rings (SSSR count). The number of hydrogen-bond acceptors (Lipinski definition) is 5. The number of rotatable bonds is 4. The first kappa shape index (κ1) is 22.7. The summed E-state index contributed by atoms with van der Waals surface area (Å²) in [4.78, 5) is 11.0. The fourth-order valence-electron chi connectivity index (χ4n) is 2.69. The molecule has 0 bridgehead atoms. The highest BCUT2D eigenvalue weighted by molar-refractivity contribution is 7.89. The molecule has 1 aliphatic rings. The fourth-order valence-corrected chi connectivity index (χ4v) is 4.06. The Morgan fingerprint density at radius 1 is 1.35 bits per heavy atom. The summed E-state index contributed by atoms with van der Waals surface area (Å²) in [5, 5.41) is 3.11. The maximum atomic E-state index is 13.2. The summed E-state index contributed by atoms with van der Waals surface area (Å²) >= 11 is 0. The molecule has 1 aromatic rings. The van der Waals surface area contributed by atoms with Crippen LogP contribution in [0.5, 0.6) is 0 Å². The number of carbonyl (C=O) groups is 1. The summed E-state index contributed by atoms with van der Waals surface area (Å²) in [6.45, 7) is 2.55. The van der Waals surface area contributed by atoms with Crippen molar-refractivity contribution in [2.75, 3.05) is 13.7 Å². The number of methoxy groups -OCH3 is 1. The van der Waals surface area contributed by atoms with Crippen LogP contribution in [0.4, 0.5) is 13.2 Å². The van der Waals surface area contributed by atoms with E-state index in [1.165, 1.54) is 0 Å². The first-order valence-corrected chi connectivity index (χ1v) is 9.10. The van der Waals surface area contributed by atoms with Gasteiger partial charge in [-0.3, -0.25) is 0 Å². The number of alkyl halides is 3. The van der Waals surface area contributed by atoms with Crippen LogP contribution in [-0.4, -0.2) is 40.1 Å². The standard InChI is InChI=1S/C15H19F3N2O4S.ClH/c1-9-13(4-3-7-19-9)20-25(22,23)10-5-6-11(14(21)24-2)12(8-10)15(16,17)18;/h5-6,8-9,13,19-20H,3-4,7H2,1-2H3;1H. The Morgan fingerprint density at radius 2 is 2.00 bits per heavy atom. The van der Waals surface area contributed by atoms with Crippen molar-refractivity contribution in [1.29, 1.82) is 0 Å². The molecule has 0 amide bonds. The normalized spacial score (nSPS) is 21.0. The average Bonchev–Trinajstić information content (AvgIpc) is 2.54. The van der Waals surface area contributed by atoms with Crippen molar-refractivity contribution in [3.8, 4) is 0 Å². The Balaban J connectivity index is 0.00000338. The molecule has 0 radical (unpaired) electrons. The molecule has 6 nitrogen and oxygen atoms in total. The number of esters is 1. The van der Waals surface area contributed by atoms with E-state index < -0.39 is 44.2 Å². The van der Waals surface area contributed by atoms with Gasteiger partial charge in [0.2, 0.25) is 10.0 Å². The molecule has 11 heteroatoms. The topological polar surface area (TPSA) is 84.5 Å². The molecule has 1 aliphatic heterocycles. The van der Waals surface area contributed by atoms with Crippen LogP contribution in [-0.2, 0) is 20.9 Å². The van der Waals surface area contributed by atoms with Crippen LogP contribution >= 0.6 is 12.4 Å². The van der Waals surface area contributed by atoms with Crippen molar-refractivity contribution < 1.29 is 31.1 Å². The van der Waals surface area contributed by atoms with E-state index in [4.69, 9.17) is 0 Å². The zero-order chi connectivity index (χ0) is 18.8. The van der Waals surface area contributed by atoms with Crippen molar-refractivity contribution in [3.05, 3.63) is 29.3 Å². The molecule has 1 fully saturated rings. The van der Waals surface area contributed by atoms with E-state index in [9.17, 15) is 26.4 Å². The van der Waals surface area contributed by atoms with Crippen LogP contribution in [0, 0.1) is 0 Å². The second kappa shape index (κ2) is 8.55. The minimum atomic E-state index is -4.89. The molecule has 2 unspecified atom stereocenters. The second-order valence-corrected chi connectivity index (χ2v) is 7.52. The van der Waals surface area contributed by atoms with E-state index in [2.05, 4.69) is 14.8 Å². The minimum absolute atomic E-state index is 0. The van der Waals surface area contributed by atoms with Gasteiger partial charge in [0.15, 0.2) is 0 Å². The van der Waals surface area contributed by atoms with Gasteiger partial charge in [-0.25, -0.2) is 17.9 Å². The van der Waals surface area contributed by atoms with Crippen LogP contribution in [0.3, 0.4) is 0 Å². The van der Waals surface area contributed by atoms with Crippen molar-refractivity contribution in [3.63, 3.8) is 0 Å². The zero-order valence-electron chi connectivity index (χ0n) is 14.1.